The summed E-state index contributed by atoms with van der Waals surface area (Å²) >= 11 is 0. The molecular weight excluding hydrogens is 290 g/mol. The lowest BCUT2D eigenvalue weighted by molar-refractivity contribution is 0.493. The normalized spacial score (nSPS) is 13.3. The average molecular weight is 309 g/mol. The summed E-state index contributed by atoms with van der Waals surface area (Å²) in [5.41, 5.74) is 6.79. The first-order valence-electron chi connectivity index (χ1n) is 6.59. The zero-order valence-corrected chi connectivity index (χ0v) is 13.1. The highest BCUT2D eigenvalue weighted by Gasteiger charge is 2.28. The summed E-state index contributed by atoms with van der Waals surface area (Å²) in [5.74, 6) is 0.870. The highest BCUT2D eigenvalue weighted by atomic mass is 32.2. The first kappa shape index (κ1) is 15.7. The Labute approximate surface area is 124 Å². The maximum absolute atomic E-state index is 12.6. The van der Waals surface area contributed by atoms with Crippen LogP contribution in [0.4, 0.5) is 0 Å². The second kappa shape index (κ2) is 5.97. The number of sulfonamides is 1. The molecule has 3 N–H and O–H groups in total. The molecule has 1 atom stereocenters. The van der Waals surface area contributed by atoms with Gasteiger partial charge in [0, 0.05) is 18.3 Å². The largest absolute Gasteiger partial charge is 0.465 e. The van der Waals surface area contributed by atoms with E-state index in [4.69, 9.17) is 10.2 Å². The summed E-state index contributed by atoms with van der Waals surface area (Å²) in [6, 6.07) is 4.91. The number of aromatic nitrogens is 1. The van der Waals surface area contributed by atoms with Crippen molar-refractivity contribution in [3.63, 3.8) is 0 Å². The Morgan fingerprint density at radius 2 is 2.05 bits per heavy atom. The maximum atomic E-state index is 12.6. The fraction of sp³-hybridized carbons (Fsp3) is 0.357. The maximum Gasteiger partial charge on any atom is 0.244 e. The van der Waals surface area contributed by atoms with E-state index in [9.17, 15) is 8.42 Å². The molecule has 2 rings (SSSR count). The number of rotatable bonds is 5. The van der Waals surface area contributed by atoms with Crippen LogP contribution in [0.5, 0.6) is 0 Å². The summed E-state index contributed by atoms with van der Waals surface area (Å²) in [5, 5.41) is 0. The number of nitrogens with two attached hydrogens (primary N) is 1. The number of aryl methyl sites for hydroxylation is 2. The highest BCUT2D eigenvalue weighted by Crippen LogP contribution is 2.27. The van der Waals surface area contributed by atoms with Gasteiger partial charge in [-0.05, 0) is 32.9 Å². The molecule has 0 radical (unpaired) electrons. The van der Waals surface area contributed by atoms with E-state index < -0.39 is 16.1 Å². The van der Waals surface area contributed by atoms with Gasteiger partial charge in [0.25, 0.3) is 0 Å². The van der Waals surface area contributed by atoms with Crippen molar-refractivity contribution < 1.29 is 12.8 Å². The Kier molecular flexibility index (Phi) is 4.46. The molecule has 1 unspecified atom stereocenters. The second-order valence-electron chi connectivity index (χ2n) is 4.82. The zero-order valence-electron chi connectivity index (χ0n) is 12.3. The van der Waals surface area contributed by atoms with Gasteiger partial charge in [0.15, 0.2) is 0 Å². The number of furan rings is 1. The molecule has 0 aliphatic heterocycles. The fourth-order valence-electron chi connectivity index (χ4n) is 2.28. The van der Waals surface area contributed by atoms with Crippen LogP contribution in [0.1, 0.15) is 35.7 Å². The van der Waals surface area contributed by atoms with Gasteiger partial charge in [-0.3, -0.25) is 4.98 Å². The van der Waals surface area contributed by atoms with E-state index in [2.05, 4.69) is 9.71 Å². The van der Waals surface area contributed by atoms with Crippen LogP contribution in [-0.4, -0.2) is 13.4 Å². The third-order valence-electron chi connectivity index (χ3n) is 3.26. The molecule has 0 aromatic carbocycles. The average Bonchev–Trinajstić information content (AvgIpc) is 2.73. The second-order valence-corrected chi connectivity index (χ2v) is 6.47. The molecule has 2 heterocycles. The van der Waals surface area contributed by atoms with Crippen LogP contribution in [-0.2, 0) is 16.6 Å². The van der Waals surface area contributed by atoms with Gasteiger partial charge in [-0.1, -0.05) is 6.07 Å². The molecule has 0 spiro atoms. The molecule has 6 nitrogen and oxygen atoms in total. The molecular formula is C14H19N3O3S. The third kappa shape index (κ3) is 3.15. The SMILES string of the molecule is Cc1oc(C)c(S(=O)(=O)NC(C)c2ccccn2)c1CN. The monoisotopic (exact) mass is 309 g/mol. The molecule has 7 heteroatoms. The molecule has 0 aliphatic rings. The van der Waals surface area contributed by atoms with E-state index in [0.29, 0.717) is 22.8 Å². The van der Waals surface area contributed by atoms with Crippen molar-refractivity contribution in [1.29, 1.82) is 0 Å². The van der Waals surface area contributed by atoms with Crippen molar-refractivity contribution in [3.05, 3.63) is 47.2 Å². The number of nitrogens with zero attached hydrogens (tertiary/aromatic N) is 1. The van der Waals surface area contributed by atoms with E-state index in [-0.39, 0.29) is 11.4 Å². The standard InChI is InChI=1S/C14H19N3O3S/c1-9(13-6-4-5-7-16-13)17-21(18,19)14-11(3)20-10(2)12(14)8-15/h4-7,9,17H,8,15H2,1-3H3. The van der Waals surface area contributed by atoms with Crippen molar-refractivity contribution in [2.24, 2.45) is 5.73 Å². The van der Waals surface area contributed by atoms with E-state index in [1.807, 2.05) is 6.07 Å². The smallest absolute Gasteiger partial charge is 0.244 e. The van der Waals surface area contributed by atoms with Crippen molar-refractivity contribution in [2.45, 2.75) is 38.3 Å². The van der Waals surface area contributed by atoms with Crippen molar-refractivity contribution >= 4 is 10.0 Å². The Bertz CT molecular complexity index is 723. The summed E-state index contributed by atoms with van der Waals surface area (Å²) in [6.45, 7) is 5.17. The van der Waals surface area contributed by atoms with Gasteiger partial charge in [-0.15, -0.1) is 0 Å². The van der Waals surface area contributed by atoms with Crippen molar-refractivity contribution in [2.75, 3.05) is 0 Å². The van der Waals surface area contributed by atoms with Crippen LogP contribution < -0.4 is 10.5 Å². The molecule has 21 heavy (non-hydrogen) atoms. The third-order valence-corrected chi connectivity index (χ3v) is 5.00. The van der Waals surface area contributed by atoms with Crippen LogP contribution in [0.2, 0.25) is 0 Å². The first-order chi connectivity index (χ1) is 9.86. The topological polar surface area (TPSA) is 98.2 Å². The van der Waals surface area contributed by atoms with E-state index in [0.717, 1.165) is 0 Å². The zero-order chi connectivity index (χ0) is 15.6. The van der Waals surface area contributed by atoms with Crippen LogP contribution in [0.3, 0.4) is 0 Å². The lowest BCUT2D eigenvalue weighted by Gasteiger charge is -2.14. The van der Waals surface area contributed by atoms with Crippen molar-refractivity contribution in [1.82, 2.24) is 9.71 Å². The van der Waals surface area contributed by atoms with Gasteiger partial charge < -0.3 is 10.2 Å². The minimum Gasteiger partial charge on any atom is -0.465 e. The van der Waals surface area contributed by atoms with Gasteiger partial charge in [-0.25, -0.2) is 13.1 Å². The molecule has 2 aromatic heterocycles. The van der Waals surface area contributed by atoms with Gasteiger partial charge in [0.05, 0.1) is 11.7 Å². The Balaban J connectivity index is 2.36. The van der Waals surface area contributed by atoms with E-state index >= 15 is 0 Å². The van der Waals surface area contributed by atoms with Crippen molar-refractivity contribution in [3.8, 4) is 0 Å². The minimum absolute atomic E-state index is 0.109. The fourth-order valence-corrected chi connectivity index (χ4v) is 3.96. The molecule has 0 bridgehead atoms. The van der Waals surface area contributed by atoms with Gasteiger partial charge in [0.2, 0.25) is 10.0 Å². The van der Waals surface area contributed by atoms with Crippen LogP contribution in [0, 0.1) is 13.8 Å². The molecule has 0 amide bonds. The van der Waals surface area contributed by atoms with Crippen LogP contribution in [0.15, 0.2) is 33.7 Å². The summed E-state index contributed by atoms with van der Waals surface area (Å²) in [7, 11) is -3.72. The van der Waals surface area contributed by atoms with Crippen LogP contribution >= 0.6 is 0 Å². The number of nitrogens with one attached hydrogen (secondary N) is 1. The molecule has 0 fully saturated rings. The Morgan fingerprint density at radius 3 is 2.62 bits per heavy atom. The molecule has 114 valence electrons. The lowest BCUT2D eigenvalue weighted by Crippen LogP contribution is -2.28. The predicted molar refractivity (Wildman–Crippen MR) is 79.0 cm³/mol. The van der Waals surface area contributed by atoms with Gasteiger partial charge in [-0.2, -0.15) is 0 Å². The Hall–Kier alpha value is -1.70. The first-order valence-corrected chi connectivity index (χ1v) is 8.07. The predicted octanol–water partition coefficient (Wildman–Crippen LogP) is 1.79. The number of pyridine rings is 1. The quantitative estimate of drug-likeness (QED) is 0.877. The summed E-state index contributed by atoms with van der Waals surface area (Å²) in [6.07, 6.45) is 1.62. The number of hydrogen-bond acceptors (Lipinski definition) is 5. The number of hydrogen-bond donors (Lipinski definition) is 2. The van der Waals surface area contributed by atoms with Gasteiger partial charge >= 0.3 is 0 Å². The molecule has 0 aliphatic carbocycles. The molecule has 0 saturated heterocycles. The van der Waals surface area contributed by atoms with E-state index in [1.54, 1.807) is 39.1 Å². The van der Waals surface area contributed by atoms with E-state index in [1.165, 1.54) is 0 Å². The summed E-state index contributed by atoms with van der Waals surface area (Å²) in [4.78, 5) is 4.28. The Morgan fingerprint density at radius 1 is 1.33 bits per heavy atom. The molecule has 0 saturated carbocycles. The van der Waals surface area contributed by atoms with Crippen LogP contribution in [0.25, 0.3) is 0 Å². The molecule has 2 aromatic rings. The summed E-state index contributed by atoms with van der Waals surface area (Å²) < 4.78 is 33.2. The van der Waals surface area contributed by atoms with Gasteiger partial charge in [0.1, 0.15) is 16.4 Å². The lowest BCUT2D eigenvalue weighted by atomic mass is 10.2. The minimum atomic E-state index is -3.72. The highest BCUT2D eigenvalue weighted by molar-refractivity contribution is 7.89.